The van der Waals surface area contributed by atoms with E-state index in [1.54, 1.807) is 30.3 Å². The van der Waals surface area contributed by atoms with Crippen LogP contribution in [-0.2, 0) is 16.2 Å². The molecule has 0 spiro atoms. The van der Waals surface area contributed by atoms with Crippen molar-refractivity contribution in [3.8, 4) is 5.75 Å². The van der Waals surface area contributed by atoms with Gasteiger partial charge >= 0.3 is 0 Å². The third-order valence-electron chi connectivity index (χ3n) is 3.49. The third-order valence-corrected chi connectivity index (χ3v) is 4.98. The lowest BCUT2D eigenvalue weighted by Gasteiger charge is -2.08. The molecule has 0 unspecified atom stereocenters. The Hall–Kier alpha value is -2.28. The normalized spacial score (nSPS) is 15.0. The summed E-state index contributed by atoms with van der Waals surface area (Å²) < 4.78 is 5.73. The summed E-state index contributed by atoms with van der Waals surface area (Å²) in [6.07, 6.45) is 1.71. The summed E-state index contributed by atoms with van der Waals surface area (Å²) >= 11 is 13.1. The minimum atomic E-state index is -0.374. The van der Waals surface area contributed by atoms with Crippen molar-refractivity contribution >= 4 is 58.0 Å². The number of hydrogen-bond donors (Lipinski definition) is 1. The molecule has 0 saturated heterocycles. The topological polar surface area (TPSA) is 67.8 Å². The Morgan fingerprint density at radius 1 is 1.22 bits per heavy atom. The van der Waals surface area contributed by atoms with Crippen molar-refractivity contribution in [2.45, 2.75) is 13.5 Å². The van der Waals surface area contributed by atoms with E-state index in [0.717, 1.165) is 22.9 Å². The first-order chi connectivity index (χ1) is 12.9. The molecule has 2 aromatic carbocycles. The summed E-state index contributed by atoms with van der Waals surface area (Å²) in [5, 5.41) is 3.93. The third kappa shape index (κ3) is 5.35. The van der Waals surface area contributed by atoms with Gasteiger partial charge in [0.15, 0.2) is 5.17 Å². The highest BCUT2D eigenvalue weighted by Gasteiger charge is 2.22. The Morgan fingerprint density at radius 2 is 1.96 bits per heavy atom. The zero-order valence-corrected chi connectivity index (χ0v) is 16.5. The molecule has 2 aromatic rings. The van der Waals surface area contributed by atoms with Crippen molar-refractivity contribution in [2.24, 2.45) is 4.99 Å². The number of hydrogen-bond acceptors (Lipinski definition) is 4. The van der Waals surface area contributed by atoms with Gasteiger partial charge in [0.25, 0.3) is 5.91 Å². The molecule has 8 heteroatoms. The molecule has 138 valence electrons. The lowest BCUT2D eigenvalue weighted by atomic mass is 10.2. The summed E-state index contributed by atoms with van der Waals surface area (Å²) in [5.41, 5.74) is 1.66. The van der Waals surface area contributed by atoms with E-state index in [-0.39, 0.29) is 11.8 Å². The number of amidine groups is 1. The minimum absolute atomic E-state index is 0.266. The number of nitrogens with zero attached hydrogens (tertiary/aromatic N) is 1. The van der Waals surface area contributed by atoms with E-state index >= 15 is 0 Å². The number of amides is 2. The summed E-state index contributed by atoms with van der Waals surface area (Å²) in [6, 6.07) is 12.5. The smallest absolute Gasteiger partial charge is 0.286 e. The number of aliphatic imine (C=N–C) groups is 1. The van der Waals surface area contributed by atoms with Crippen molar-refractivity contribution in [3.63, 3.8) is 0 Å². The fourth-order valence-corrected chi connectivity index (χ4v) is 3.55. The van der Waals surface area contributed by atoms with Gasteiger partial charge in [-0.15, -0.1) is 0 Å². The molecule has 1 aliphatic heterocycles. The maximum Gasteiger partial charge on any atom is 0.286 e. The molecule has 5 nitrogen and oxygen atoms in total. The molecule has 3 rings (SSSR count). The van der Waals surface area contributed by atoms with Gasteiger partial charge in [-0.1, -0.05) is 41.4 Å². The first kappa shape index (κ1) is 19.5. The van der Waals surface area contributed by atoms with Crippen LogP contribution >= 0.6 is 35.0 Å². The van der Waals surface area contributed by atoms with Crippen LogP contribution in [0, 0.1) is 0 Å². The Labute approximate surface area is 170 Å². The van der Waals surface area contributed by atoms with Crippen LogP contribution in [0.2, 0.25) is 10.0 Å². The van der Waals surface area contributed by atoms with E-state index in [9.17, 15) is 9.59 Å². The van der Waals surface area contributed by atoms with Gasteiger partial charge in [0.05, 0.1) is 4.91 Å². The lowest BCUT2D eigenvalue weighted by molar-refractivity contribution is -0.117. The highest BCUT2D eigenvalue weighted by molar-refractivity contribution is 8.18. The number of carbonyl (C=O) groups is 2. The van der Waals surface area contributed by atoms with Crippen LogP contribution in [0.1, 0.15) is 18.1 Å². The van der Waals surface area contributed by atoms with Crippen LogP contribution in [0.3, 0.4) is 0 Å². The molecule has 0 bridgehead atoms. The van der Waals surface area contributed by atoms with E-state index in [1.807, 2.05) is 18.2 Å². The van der Waals surface area contributed by atoms with Gasteiger partial charge in [0, 0.05) is 22.5 Å². The number of halogens is 2. The highest BCUT2D eigenvalue weighted by atomic mass is 35.5. The number of carbonyl (C=O) groups excluding carboxylic acids is 2. The number of thioether (sulfide) groups is 1. The molecule has 2 amide bonds. The van der Waals surface area contributed by atoms with Crippen LogP contribution in [0.4, 0.5) is 0 Å². The van der Waals surface area contributed by atoms with Crippen molar-refractivity contribution in [1.82, 2.24) is 5.32 Å². The van der Waals surface area contributed by atoms with Gasteiger partial charge in [-0.25, -0.2) is 0 Å². The van der Waals surface area contributed by atoms with Crippen molar-refractivity contribution in [3.05, 3.63) is 68.5 Å². The standard InChI is InChI=1S/C19H14Cl2N2O3S/c1-11(24)22-19-23-18(25)17(27-19)8-12-2-6-15(7-3-12)26-10-13-4-5-14(20)9-16(13)21/h2-9H,10H2,1H3,(H,22,23,24,25)/b17-8+. The summed E-state index contributed by atoms with van der Waals surface area (Å²) in [5.74, 6) is 0.0304. The molecule has 0 atom stereocenters. The second-order valence-electron chi connectivity index (χ2n) is 5.61. The monoisotopic (exact) mass is 420 g/mol. The highest BCUT2D eigenvalue weighted by Crippen LogP contribution is 2.28. The average Bonchev–Trinajstić information content (AvgIpc) is 2.94. The number of ether oxygens (including phenoxy) is 1. The van der Waals surface area contributed by atoms with Gasteiger partial charge < -0.3 is 10.1 Å². The second-order valence-corrected chi connectivity index (χ2v) is 7.48. The van der Waals surface area contributed by atoms with Crippen LogP contribution in [-0.4, -0.2) is 17.0 Å². The molecule has 0 aliphatic carbocycles. The van der Waals surface area contributed by atoms with Gasteiger partial charge in [-0.05, 0) is 47.7 Å². The largest absolute Gasteiger partial charge is 0.489 e. The Morgan fingerprint density at radius 3 is 2.63 bits per heavy atom. The van der Waals surface area contributed by atoms with Gasteiger partial charge in [-0.3, -0.25) is 9.59 Å². The zero-order valence-electron chi connectivity index (χ0n) is 14.2. The molecule has 0 radical (unpaired) electrons. The van der Waals surface area contributed by atoms with Crippen LogP contribution < -0.4 is 10.1 Å². The quantitative estimate of drug-likeness (QED) is 0.729. The lowest BCUT2D eigenvalue weighted by Crippen LogP contribution is -2.23. The molecule has 1 N–H and O–H groups in total. The van der Waals surface area contributed by atoms with Crippen molar-refractivity contribution in [2.75, 3.05) is 0 Å². The van der Waals surface area contributed by atoms with Gasteiger partial charge in [0.1, 0.15) is 12.4 Å². The Balaban J connectivity index is 1.62. The van der Waals surface area contributed by atoms with Crippen molar-refractivity contribution < 1.29 is 14.3 Å². The van der Waals surface area contributed by atoms with E-state index in [4.69, 9.17) is 27.9 Å². The Bertz CT molecular complexity index is 956. The molecule has 1 aliphatic rings. The SMILES string of the molecule is CC(=O)NC1=NC(=O)/C(=C\c2ccc(OCc3ccc(Cl)cc3Cl)cc2)S1. The molecule has 27 heavy (non-hydrogen) atoms. The summed E-state index contributed by atoms with van der Waals surface area (Å²) in [4.78, 5) is 27.2. The molecule has 0 saturated carbocycles. The fraction of sp³-hybridized carbons (Fsp3) is 0.105. The fourth-order valence-electron chi connectivity index (χ4n) is 2.22. The predicted molar refractivity (Wildman–Crippen MR) is 109 cm³/mol. The molecule has 1 heterocycles. The number of benzene rings is 2. The molecule has 0 fully saturated rings. The summed E-state index contributed by atoms with van der Waals surface area (Å²) in [7, 11) is 0. The van der Waals surface area contributed by atoms with Crippen LogP contribution in [0.15, 0.2) is 52.4 Å². The van der Waals surface area contributed by atoms with Gasteiger partial charge in [-0.2, -0.15) is 4.99 Å². The number of rotatable bonds is 4. The molecule has 0 aromatic heterocycles. The first-order valence-electron chi connectivity index (χ1n) is 7.87. The first-order valence-corrected chi connectivity index (χ1v) is 9.45. The summed E-state index contributed by atoms with van der Waals surface area (Å²) in [6.45, 7) is 1.68. The van der Waals surface area contributed by atoms with E-state index in [1.165, 1.54) is 6.92 Å². The minimum Gasteiger partial charge on any atom is -0.489 e. The van der Waals surface area contributed by atoms with Gasteiger partial charge in [0.2, 0.25) is 5.91 Å². The zero-order chi connectivity index (χ0) is 19.4. The second kappa shape index (κ2) is 8.61. The van der Waals surface area contributed by atoms with Crippen molar-refractivity contribution in [1.29, 1.82) is 0 Å². The molecular weight excluding hydrogens is 407 g/mol. The number of nitrogens with one attached hydrogen (secondary N) is 1. The van der Waals surface area contributed by atoms with Crippen LogP contribution in [0.5, 0.6) is 5.75 Å². The average molecular weight is 421 g/mol. The maximum atomic E-state index is 11.9. The maximum absolute atomic E-state index is 11.9. The predicted octanol–water partition coefficient (Wildman–Crippen LogP) is 4.68. The molecular formula is C19H14Cl2N2O3S. The van der Waals surface area contributed by atoms with Crippen LogP contribution in [0.25, 0.3) is 6.08 Å². The van der Waals surface area contributed by atoms with E-state index < -0.39 is 0 Å². The van der Waals surface area contributed by atoms with E-state index in [2.05, 4.69) is 10.3 Å². The Kier molecular flexibility index (Phi) is 6.21. The van der Waals surface area contributed by atoms with E-state index in [0.29, 0.717) is 32.5 Å².